The minimum atomic E-state index is -4.47. The van der Waals surface area contributed by atoms with Crippen LogP contribution in [0.15, 0.2) is 12.1 Å². The largest absolute Gasteiger partial charge is 0.496 e. The lowest BCUT2D eigenvalue weighted by Crippen LogP contribution is -2.16. The smallest absolute Gasteiger partial charge is 0.420 e. The van der Waals surface area contributed by atoms with Crippen LogP contribution < -0.4 is 10.1 Å². The van der Waals surface area contributed by atoms with Gasteiger partial charge < -0.3 is 10.1 Å². The molecule has 1 atom stereocenters. The van der Waals surface area contributed by atoms with E-state index in [0.717, 1.165) is 25.5 Å². The lowest BCUT2D eigenvalue weighted by molar-refractivity contribution is -0.138. The molecular weight excluding hydrogens is 267 g/mol. The number of benzene rings is 1. The molecule has 2 rings (SSSR count). The predicted octanol–water partition coefficient (Wildman–Crippen LogP) is 3.79. The zero-order valence-corrected chi connectivity index (χ0v) is 10.5. The Bertz CT molecular complexity index is 442. The van der Waals surface area contributed by atoms with Crippen LogP contribution in [0.5, 0.6) is 5.75 Å². The molecule has 0 radical (unpaired) electrons. The van der Waals surface area contributed by atoms with Crippen molar-refractivity contribution in [3.05, 3.63) is 28.3 Å². The van der Waals surface area contributed by atoms with Crippen molar-refractivity contribution in [3.63, 3.8) is 0 Å². The zero-order valence-electron chi connectivity index (χ0n) is 9.77. The molecule has 0 aromatic heterocycles. The van der Waals surface area contributed by atoms with E-state index in [1.807, 2.05) is 0 Å². The molecule has 1 saturated heterocycles. The van der Waals surface area contributed by atoms with Gasteiger partial charge in [0, 0.05) is 16.6 Å². The molecule has 2 nitrogen and oxygen atoms in total. The molecule has 0 saturated carbocycles. The van der Waals surface area contributed by atoms with Gasteiger partial charge in [0.25, 0.3) is 0 Å². The Morgan fingerprint density at radius 1 is 1.39 bits per heavy atom. The standard InChI is InChI=1S/C12H13ClF3NO/c1-18-11-8(10-3-2-4-17-10)5-7(13)6-9(11)12(14,15)16/h5-6,10,17H,2-4H2,1H3. The predicted molar refractivity (Wildman–Crippen MR) is 63.0 cm³/mol. The van der Waals surface area contributed by atoms with Gasteiger partial charge in [-0.3, -0.25) is 0 Å². The fraction of sp³-hybridized carbons (Fsp3) is 0.500. The number of alkyl halides is 3. The molecule has 100 valence electrons. The summed E-state index contributed by atoms with van der Waals surface area (Å²) >= 11 is 5.78. The average molecular weight is 280 g/mol. The maximum absolute atomic E-state index is 12.9. The molecule has 1 N–H and O–H groups in total. The third-order valence-electron chi connectivity index (χ3n) is 3.03. The first-order valence-corrected chi connectivity index (χ1v) is 5.99. The van der Waals surface area contributed by atoms with Crippen LogP contribution in [-0.2, 0) is 6.18 Å². The molecule has 1 heterocycles. The van der Waals surface area contributed by atoms with Crippen molar-refractivity contribution >= 4 is 11.6 Å². The van der Waals surface area contributed by atoms with Gasteiger partial charge in [0.15, 0.2) is 0 Å². The van der Waals surface area contributed by atoms with E-state index < -0.39 is 11.7 Å². The Morgan fingerprint density at radius 2 is 2.11 bits per heavy atom. The second kappa shape index (κ2) is 4.97. The van der Waals surface area contributed by atoms with E-state index in [9.17, 15) is 13.2 Å². The van der Waals surface area contributed by atoms with Crippen molar-refractivity contribution in [3.8, 4) is 5.75 Å². The fourth-order valence-corrected chi connectivity index (χ4v) is 2.49. The first-order valence-electron chi connectivity index (χ1n) is 5.61. The number of hydrogen-bond acceptors (Lipinski definition) is 2. The summed E-state index contributed by atoms with van der Waals surface area (Å²) in [5.41, 5.74) is -0.337. The summed E-state index contributed by atoms with van der Waals surface area (Å²) in [5.74, 6) is -0.133. The molecule has 1 aliphatic rings. The van der Waals surface area contributed by atoms with E-state index in [-0.39, 0.29) is 16.8 Å². The summed E-state index contributed by atoms with van der Waals surface area (Å²) in [6.07, 6.45) is -2.75. The third-order valence-corrected chi connectivity index (χ3v) is 3.25. The Hall–Kier alpha value is -0.940. The molecule has 1 aromatic rings. The highest BCUT2D eigenvalue weighted by atomic mass is 35.5. The van der Waals surface area contributed by atoms with E-state index in [1.54, 1.807) is 6.07 Å². The van der Waals surface area contributed by atoms with Crippen LogP contribution in [0.3, 0.4) is 0 Å². The van der Waals surface area contributed by atoms with Crippen LogP contribution in [0.25, 0.3) is 0 Å². The molecule has 1 unspecified atom stereocenters. The van der Waals surface area contributed by atoms with Crippen molar-refractivity contribution in [2.24, 2.45) is 0 Å². The van der Waals surface area contributed by atoms with Crippen LogP contribution in [0.4, 0.5) is 13.2 Å². The maximum atomic E-state index is 12.9. The number of ether oxygens (including phenoxy) is 1. The lowest BCUT2D eigenvalue weighted by Gasteiger charge is -2.20. The number of nitrogens with one attached hydrogen (secondary N) is 1. The minimum Gasteiger partial charge on any atom is -0.496 e. The molecule has 1 aliphatic heterocycles. The first kappa shape index (κ1) is 13.5. The summed E-state index contributed by atoms with van der Waals surface area (Å²) in [6.45, 7) is 0.793. The number of hydrogen-bond donors (Lipinski definition) is 1. The Balaban J connectivity index is 2.54. The van der Waals surface area contributed by atoms with Gasteiger partial charge in [-0.1, -0.05) is 11.6 Å². The van der Waals surface area contributed by atoms with Gasteiger partial charge in [0.05, 0.1) is 12.7 Å². The molecule has 6 heteroatoms. The first-order chi connectivity index (χ1) is 8.43. The Morgan fingerprint density at radius 3 is 2.61 bits per heavy atom. The molecule has 0 aliphatic carbocycles. The number of rotatable bonds is 2. The summed E-state index contributed by atoms with van der Waals surface area (Å²) in [7, 11) is 1.25. The van der Waals surface area contributed by atoms with Crippen molar-refractivity contribution in [2.75, 3.05) is 13.7 Å². The zero-order chi connectivity index (χ0) is 13.3. The van der Waals surface area contributed by atoms with Gasteiger partial charge in [-0.05, 0) is 31.5 Å². The molecule has 1 aromatic carbocycles. The second-order valence-corrected chi connectivity index (χ2v) is 4.66. The van der Waals surface area contributed by atoms with Gasteiger partial charge in [-0.25, -0.2) is 0 Å². The highest BCUT2D eigenvalue weighted by molar-refractivity contribution is 6.30. The highest BCUT2D eigenvalue weighted by Gasteiger charge is 2.37. The summed E-state index contributed by atoms with van der Waals surface area (Å²) in [5, 5.41) is 3.22. The monoisotopic (exact) mass is 279 g/mol. The molecular formula is C12H13ClF3NO. The molecule has 0 spiro atoms. The summed E-state index contributed by atoms with van der Waals surface area (Å²) in [4.78, 5) is 0. The van der Waals surface area contributed by atoms with Gasteiger partial charge in [0.2, 0.25) is 0 Å². The van der Waals surface area contributed by atoms with Crippen LogP contribution in [0.1, 0.15) is 30.0 Å². The van der Waals surface area contributed by atoms with Crippen LogP contribution in [0, 0.1) is 0 Å². The van der Waals surface area contributed by atoms with E-state index in [4.69, 9.17) is 16.3 Å². The van der Waals surface area contributed by atoms with Crippen LogP contribution in [-0.4, -0.2) is 13.7 Å². The average Bonchev–Trinajstić information content (AvgIpc) is 2.80. The van der Waals surface area contributed by atoms with Crippen molar-refractivity contribution < 1.29 is 17.9 Å². The van der Waals surface area contributed by atoms with Gasteiger partial charge >= 0.3 is 6.18 Å². The quantitative estimate of drug-likeness (QED) is 0.889. The summed E-state index contributed by atoms with van der Waals surface area (Å²) < 4.78 is 43.7. The summed E-state index contributed by atoms with van der Waals surface area (Å²) in [6, 6.07) is 2.32. The molecule has 0 amide bonds. The molecule has 0 bridgehead atoms. The highest BCUT2D eigenvalue weighted by Crippen LogP contribution is 2.43. The normalized spacial score (nSPS) is 20.2. The SMILES string of the molecule is COc1c(C2CCCN2)cc(Cl)cc1C(F)(F)F. The van der Waals surface area contributed by atoms with Crippen molar-refractivity contribution in [2.45, 2.75) is 25.1 Å². The van der Waals surface area contributed by atoms with Gasteiger partial charge in [-0.15, -0.1) is 0 Å². The minimum absolute atomic E-state index is 0.0758. The topological polar surface area (TPSA) is 21.3 Å². The fourth-order valence-electron chi connectivity index (χ4n) is 2.26. The van der Waals surface area contributed by atoms with E-state index in [2.05, 4.69) is 5.32 Å². The number of methoxy groups -OCH3 is 1. The van der Waals surface area contributed by atoms with E-state index in [0.29, 0.717) is 5.56 Å². The van der Waals surface area contributed by atoms with Gasteiger partial charge in [-0.2, -0.15) is 13.2 Å². The number of halogens is 4. The van der Waals surface area contributed by atoms with E-state index in [1.165, 1.54) is 7.11 Å². The van der Waals surface area contributed by atoms with Crippen LogP contribution >= 0.6 is 11.6 Å². The van der Waals surface area contributed by atoms with Crippen molar-refractivity contribution in [1.29, 1.82) is 0 Å². The molecule has 18 heavy (non-hydrogen) atoms. The lowest BCUT2D eigenvalue weighted by atomic mass is 10.0. The Labute approximate surface area is 108 Å². The molecule has 1 fully saturated rings. The second-order valence-electron chi connectivity index (χ2n) is 4.22. The van der Waals surface area contributed by atoms with Crippen molar-refractivity contribution in [1.82, 2.24) is 5.32 Å². The maximum Gasteiger partial charge on any atom is 0.420 e. The van der Waals surface area contributed by atoms with Gasteiger partial charge in [0.1, 0.15) is 5.75 Å². The third kappa shape index (κ3) is 2.57. The van der Waals surface area contributed by atoms with Crippen LogP contribution in [0.2, 0.25) is 5.02 Å². The Kier molecular flexibility index (Phi) is 3.73. The van der Waals surface area contributed by atoms with E-state index >= 15 is 0 Å².